The number of hydrogen-bond donors (Lipinski definition) is 3. The molecule has 32 heavy (non-hydrogen) atoms. The van der Waals surface area contributed by atoms with Crippen LogP contribution in [0.5, 0.6) is 5.75 Å². The maximum Gasteiger partial charge on any atom is 0.339 e. The van der Waals surface area contributed by atoms with E-state index in [-0.39, 0.29) is 4.90 Å². The van der Waals surface area contributed by atoms with Crippen LogP contribution < -0.4 is 4.72 Å². The molecule has 0 radical (unpaired) electrons. The van der Waals surface area contributed by atoms with Gasteiger partial charge in [0.05, 0.1) is 4.90 Å². The molecule has 0 fully saturated rings. The third-order valence-electron chi connectivity index (χ3n) is 5.53. The zero-order valence-corrected chi connectivity index (χ0v) is 19.7. The first kappa shape index (κ1) is 25.7. The van der Waals surface area contributed by atoms with Gasteiger partial charge >= 0.3 is 5.97 Å². The van der Waals surface area contributed by atoms with Crippen LogP contribution >= 0.6 is 0 Å². The number of rotatable bonds is 15. The molecule has 0 spiro atoms. The standard InChI is InChI=1S/C25H35NO5S/c1-2-3-4-5-6-7-8-9-10-11-12-20-13-15-21(16-14-20)26-32(30,31)22-17-18-24(27)23(19-22)25(28)29/h13-19,26-27H,2-12H2,1H3,(H,28,29). The maximum absolute atomic E-state index is 12.6. The van der Waals surface area contributed by atoms with Crippen LogP contribution in [0.1, 0.15) is 87.1 Å². The lowest BCUT2D eigenvalue weighted by Crippen LogP contribution is -2.13. The Bertz CT molecular complexity index is 955. The first-order valence-corrected chi connectivity index (χ1v) is 13.0. The molecule has 0 atom stereocenters. The molecule has 0 saturated heterocycles. The number of aromatic hydroxyl groups is 1. The number of nitrogens with one attached hydrogen (secondary N) is 1. The van der Waals surface area contributed by atoms with Crippen LogP contribution in [0.2, 0.25) is 0 Å². The van der Waals surface area contributed by atoms with Crippen molar-refractivity contribution in [2.45, 2.75) is 82.4 Å². The lowest BCUT2D eigenvalue weighted by molar-refractivity contribution is 0.0693. The van der Waals surface area contributed by atoms with Crippen molar-refractivity contribution in [3.8, 4) is 5.75 Å². The summed E-state index contributed by atoms with van der Waals surface area (Å²) < 4.78 is 27.6. The highest BCUT2D eigenvalue weighted by atomic mass is 32.2. The smallest absolute Gasteiger partial charge is 0.339 e. The van der Waals surface area contributed by atoms with E-state index in [0.717, 1.165) is 30.5 Å². The average Bonchev–Trinajstić information content (AvgIpc) is 2.76. The summed E-state index contributed by atoms with van der Waals surface area (Å²) in [5.74, 6) is -1.87. The number of sulfonamides is 1. The monoisotopic (exact) mass is 461 g/mol. The van der Waals surface area contributed by atoms with Crippen LogP contribution in [0.3, 0.4) is 0 Å². The Labute approximate surface area is 191 Å². The van der Waals surface area contributed by atoms with E-state index in [4.69, 9.17) is 5.11 Å². The Hall–Kier alpha value is -2.54. The minimum Gasteiger partial charge on any atom is -0.507 e. The van der Waals surface area contributed by atoms with Gasteiger partial charge in [-0.2, -0.15) is 0 Å². The number of carbonyl (C=O) groups is 1. The molecule has 0 unspecified atom stereocenters. The molecule has 0 amide bonds. The predicted molar refractivity (Wildman–Crippen MR) is 128 cm³/mol. The van der Waals surface area contributed by atoms with E-state index < -0.39 is 27.3 Å². The summed E-state index contributed by atoms with van der Waals surface area (Å²) >= 11 is 0. The van der Waals surface area contributed by atoms with Gasteiger partial charge in [0.25, 0.3) is 10.0 Å². The summed E-state index contributed by atoms with van der Waals surface area (Å²) in [5.41, 5.74) is 1.10. The highest BCUT2D eigenvalue weighted by molar-refractivity contribution is 7.92. The van der Waals surface area contributed by atoms with Crippen molar-refractivity contribution in [3.05, 3.63) is 53.6 Å². The van der Waals surface area contributed by atoms with Gasteiger partial charge < -0.3 is 10.2 Å². The Kier molecular flexibility index (Phi) is 10.5. The average molecular weight is 462 g/mol. The second-order valence-electron chi connectivity index (χ2n) is 8.22. The Morgan fingerprint density at radius 3 is 1.97 bits per heavy atom. The van der Waals surface area contributed by atoms with E-state index in [1.807, 2.05) is 12.1 Å². The van der Waals surface area contributed by atoms with Crippen LogP contribution in [0, 0.1) is 0 Å². The molecular formula is C25H35NO5S. The molecule has 2 rings (SSSR count). The van der Waals surface area contributed by atoms with Crippen molar-refractivity contribution >= 4 is 21.7 Å². The molecule has 176 valence electrons. The predicted octanol–water partition coefficient (Wildman–Crippen LogP) is 6.35. The SMILES string of the molecule is CCCCCCCCCCCCc1ccc(NS(=O)(=O)c2ccc(O)c(C(=O)O)c2)cc1. The van der Waals surface area contributed by atoms with Crippen LogP contribution in [0.15, 0.2) is 47.4 Å². The fraction of sp³-hybridized carbons (Fsp3) is 0.480. The quantitative estimate of drug-likeness (QED) is 0.268. The van der Waals surface area contributed by atoms with Gasteiger partial charge in [-0.15, -0.1) is 0 Å². The molecule has 0 bridgehead atoms. The topological polar surface area (TPSA) is 104 Å². The van der Waals surface area contributed by atoms with E-state index >= 15 is 0 Å². The molecule has 3 N–H and O–H groups in total. The van der Waals surface area contributed by atoms with Gasteiger partial charge in [-0.1, -0.05) is 76.8 Å². The number of anilines is 1. The Balaban J connectivity index is 1.77. The molecule has 2 aromatic carbocycles. The van der Waals surface area contributed by atoms with Crippen LogP contribution in [-0.4, -0.2) is 24.6 Å². The molecule has 0 heterocycles. The molecule has 7 heteroatoms. The third kappa shape index (κ3) is 8.54. The fourth-order valence-corrected chi connectivity index (χ4v) is 4.71. The number of carboxylic acid groups (broad SMARTS) is 1. The highest BCUT2D eigenvalue weighted by Gasteiger charge is 2.19. The molecule has 2 aromatic rings. The van der Waals surface area contributed by atoms with Crippen molar-refractivity contribution in [3.63, 3.8) is 0 Å². The van der Waals surface area contributed by atoms with Crippen molar-refractivity contribution < 1.29 is 23.4 Å². The first-order chi connectivity index (χ1) is 15.3. The lowest BCUT2D eigenvalue weighted by Gasteiger charge is -2.10. The summed E-state index contributed by atoms with van der Waals surface area (Å²) in [6.07, 6.45) is 13.9. The summed E-state index contributed by atoms with van der Waals surface area (Å²) in [4.78, 5) is 10.9. The highest BCUT2D eigenvalue weighted by Crippen LogP contribution is 2.23. The van der Waals surface area contributed by atoms with Crippen molar-refractivity contribution in [2.75, 3.05) is 4.72 Å². The van der Waals surface area contributed by atoms with Gasteiger partial charge in [0.15, 0.2) is 0 Å². The minimum absolute atomic E-state index is 0.220. The Morgan fingerprint density at radius 2 is 1.41 bits per heavy atom. The van der Waals surface area contributed by atoms with Gasteiger partial charge in [-0.25, -0.2) is 13.2 Å². The number of carboxylic acids is 1. The van der Waals surface area contributed by atoms with Gasteiger partial charge in [-0.05, 0) is 48.7 Å². The van der Waals surface area contributed by atoms with Gasteiger partial charge in [-0.3, -0.25) is 4.72 Å². The van der Waals surface area contributed by atoms with Gasteiger partial charge in [0.2, 0.25) is 0 Å². The molecule has 0 saturated carbocycles. The van der Waals surface area contributed by atoms with Gasteiger partial charge in [0.1, 0.15) is 11.3 Å². The molecule has 6 nitrogen and oxygen atoms in total. The molecular weight excluding hydrogens is 426 g/mol. The van der Waals surface area contributed by atoms with Crippen LogP contribution in [0.25, 0.3) is 0 Å². The normalized spacial score (nSPS) is 11.4. The maximum atomic E-state index is 12.6. The zero-order chi connectivity index (χ0) is 23.4. The number of aromatic carboxylic acids is 1. The number of unbranched alkanes of at least 4 members (excludes halogenated alkanes) is 9. The molecule has 0 aliphatic heterocycles. The second-order valence-corrected chi connectivity index (χ2v) is 9.90. The Morgan fingerprint density at radius 1 is 0.844 bits per heavy atom. The second kappa shape index (κ2) is 13.1. The summed E-state index contributed by atoms with van der Waals surface area (Å²) in [6, 6.07) is 10.4. The van der Waals surface area contributed by atoms with E-state index in [1.54, 1.807) is 12.1 Å². The summed E-state index contributed by atoms with van der Waals surface area (Å²) in [7, 11) is -3.96. The number of benzene rings is 2. The molecule has 0 aliphatic carbocycles. The number of phenols is 1. The molecule has 0 aliphatic rings. The summed E-state index contributed by atoms with van der Waals surface area (Å²) in [5, 5.41) is 18.6. The van der Waals surface area contributed by atoms with Gasteiger partial charge in [0, 0.05) is 5.69 Å². The third-order valence-corrected chi connectivity index (χ3v) is 6.91. The van der Waals surface area contributed by atoms with E-state index in [2.05, 4.69) is 11.6 Å². The van der Waals surface area contributed by atoms with E-state index in [0.29, 0.717) is 5.69 Å². The van der Waals surface area contributed by atoms with E-state index in [9.17, 15) is 18.3 Å². The molecule has 0 aromatic heterocycles. The summed E-state index contributed by atoms with van der Waals surface area (Å²) in [6.45, 7) is 2.24. The lowest BCUT2D eigenvalue weighted by atomic mass is 10.0. The largest absolute Gasteiger partial charge is 0.507 e. The van der Waals surface area contributed by atoms with Crippen molar-refractivity contribution in [2.24, 2.45) is 0 Å². The van der Waals surface area contributed by atoms with Crippen LogP contribution in [0.4, 0.5) is 5.69 Å². The minimum atomic E-state index is -3.96. The number of hydrogen-bond acceptors (Lipinski definition) is 4. The van der Waals surface area contributed by atoms with Crippen molar-refractivity contribution in [1.82, 2.24) is 0 Å². The fourth-order valence-electron chi connectivity index (χ4n) is 3.62. The number of aryl methyl sites for hydroxylation is 1. The van der Waals surface area contributed by atoms with Crippen LogP contribution in [-0.2, 0) is 16.4 Å². The zero-order valence-electron chi connectivity index (χ0n) is 18.8. The first-order valence-electron chi connectivity index (χ1n) is 11.5. The van der Waals surface area contributed by atoms with E-state index in [1.165, 1.54) is 63.9 Å². The van der Waals surface area contributed by atoms with Crippen molar-refractivity contribution in [1.29, 1.82) is 0 Å².